The van der Waals surface area contributed by atoms with Gasteiger partial charge >= 0.3 is 0 Å². The molecule has 4 atom stereocenters. The number of nitrogens with zero attached hydrogens (tertiary/aromatic N) is 1. The minimum atomic E-state index is -0.183. The molecule has 4 heteroatoms. The van der Waals surface area contributed by atoms with Crippen molar-refractivity contribution in [1.82, 2.24) is 4.98 Å². The smallest absolute Gasteiger partial charge is 0.220 e. The number of amides is 1. The highest BCUT2D eigenvalue weighted by molar-refractivity contribution is 5.76. The third kappa shape index (κ3) is 2.70. The second kappa shape index (κ2) is 5.48. The molecule has 98 valence electrons. The number of pyridine rings is 1. The van der Waals surface area contributed by atoms with Crippen LogP contribution in [-0.2, 0) is 4.79 Å². The molecule has 1 aromatic rings. The molecule has 1 fully saturated rings. The lowest BCUT2D eigenvalue weighted by Gasteiger charge is -2.37. The fourth-order valence-corrected chi connectivity index (χ4v) is 3.08. The lowest BCUT2D eigenvalue weighted by molar-refractivity contribution is -0.123. The van der Waals surface area contributed by atoms with Gasteiger partial charge in [-0.3, -0.25) is 9.78 Å². The van der Waals surface area contributed by atoms with Gasteiger partial charge < -0.3 is 11.5 Å². The van der Waals surface area contributed by atoms with Crippen molar-refractivity contribution in [3.05, 3.63) is 30.1 Å². The zero-order valence-corrected chi connectivity index (χ0v) is 10.8. The maximum atomic E-state index is 11.4. The summed E-state index contributed by atoms with van der Waals surface area (Å²) in [7, 11) is 0. The van der Waals surface area contributed by atoms with Crippen LogP contribution in [0.15, 0.2) is 24.5 Å². The number of hydrogen-bond acceptors (Lipinski definition) is 3. The van der Waals surface area contributed by atoms with Gasteiger partial charge in [-0.05, 0) is 55.7 Å². The van der Waals surface area contributed by atoms with E-state index in [0.29, 0.717) is 11.8 Å². The summed E-state index contributed by atoms with van der Waals surface area (Å²) in [4.78, 5) is 15.4. The Kier molecular flexibility index (Phi) is 3.97. The van der Waals surface area contributed by atoms with Gasteiger partial charge in [-0.2, -0.15) is 0 Å². The van der Waals surface area contributed by atoms with Gasteiger partial charge in [0, 0.05) is 24.4 Å². The summed E-state index contributed by atoms with van der Waals surface area (Å²) in [5.41, 5.74) is 12.8. The Balaban J connectivity index is 2.23. The van der Waals surface area contributed by atoms with Gasteiger partial charge in [0.05, 0.1) is 0 Å². The molecule has 0 bridgehead atoms. The second-order valence-corrected chi connectivity index (χ2v) is 5.32. The summed E-state index contributed by atoms with van der Waals surface area (Å²) in [6.07, 6.45) is 6.23. The average Bonchev–Trinajstić information content (AvgIpc) is 2.39. The molecular weight excluding hydrogens is 226 g/mol. The van der Waals surface area contributed by atoms with Gasteiger partial charge in [0.15, 0.2) is 0 Å². The summed E-state index contributed by atoms with van der Waals surface area (Å²) in [6, 6.07) is 4.17. The summed E-state index contributed by atoms with van der Waals surface area (Å²) in [6.45, 7) is 2.05. The first-order chi connectivity index (χ1) is 8.59. The van der Waals surface area contributed by atoms with Gasteiger partial charge in [-0.25, -0.2) is 0 Å². The van der Waals surface area contributed by atoms with Crippen LogP contribution in [-0.4, -0.2) is 16.9 Å². The first-order valence-corrected chi connectivity index (χ1v) is 6.54. The third-order valence-electron chi connectivity index (χ3n) is 4.12. The Hall–Kier alpha value is -1.42. The van der Waals surface area contributed by atoms with Crippen molar-refractivity contribution in [2.24, 2.45) is 23.3 Å². The number of hydrogen-bond donors (Lipinski definition) is 2. The van der Waals surface area contributed by atoms with Crippen molar-refractivity contribution in [3.8, 4) is 0 Å². The van der Waals surface area contributed by atoms with Crippen LogP contribution in [0.5, 0.6) is 0 Å². The van der Waals surface area contributed by atoms with E-state index in [1.54, 1.807) is 12.4 Å². The number of nitrogens with two attached hydrogens (primary N) is 2. The molecule has 1 aliphatic carbocycles. The van der Waals surface area contributed by atoms with Crippen LogP contribution >= 0.6 is 0 Å². The third-order valence-corrected chi connectivity index (χ3v) is 4.12. The summed E-state index contributed by atoms with van der Waals surface area (Å²) in [5, 5.41) is 0. The van der Waals surface area contributed by atoms with E-state index in [0.717, 1.165) is 19.3 Å². The molecule has 1 aromatic heterocycles. The maximum absolute atomic E-state index is 11.4. The van der Waals surface area contributed by atoms with Crippen molar-refractivity contribution >= 4 is 5.91 Å². The average molecular weight is 247 g/mol. The van der Waals surface area contributed by atoms with E-state index in [4.69, 9.17) is 11.5 Å². The van der Waals surface area contributed by atoms with Gasteiger partial charge in [-0.15, -0.1) is 0 Å². The van der Waals surface area contributed by atoms with Gasteiger partial charge in [-0.1, -0.05) is 0 Å². The Morgan fingerprint density at radius 1 is 1.39 bits per heavy atom. The maximum Gasteiger partial charge on any atom is 0.220 e. The summed E-state index contributed by atoms with van der Waals surface area (Å²) in [5.74, 6) is 0.539. The summed E-state index contributed by atoms with van der Waals surface area (Å²) >= 11 is 0. The minimum Gasteiger partial charge on any atom is -0.369 e. The standard InChI is InChI=1S/C14H21N3O/c1-9(15)12-3-2-11(14(16)18)8-13(12)10-4-6-17-7-5-10/h4-7,9,11-13H,2-3,8,15H2,1H3,(H2,16,18)/t9-,11?,12+,13+/m1/s1. The van der Waals surface area contributed by atoms with Crippen LogP contribution in [0.3, 0.4) is 0 Å². The van der Waals surface area contributed by atoms with Gasteiger partial charge in [0.2, 0.25) is 5.91 Å². The van der Waals surface area contributed by atoms with E-state index in [9.17, 15) is 4.79 Å². The first kappa shape index (κ1) is 13.0. The second-order valence-electron chi connectivity index (χ2n) is 5.32. The van der Waals surface area contributed by atoms with Crippen LogP contribution in [0.25, 0.3) is 0 Å². The fraction of sp³-hybridized carbons (Fsp3) is 0.571. The highest BCUT2D eigenvalue weighted by Gasteiger charge is 2.35. The quantitative estimate of drug-likeness (QED) is 0.847. The molecular formula is C14H21N3O. The Labute approximate surface area is 108 Å². The number of rotatable bonds is 3. The molecule has 2 rings (SSSR count). The largest absolute Gasteiger partial charge is 0.369 e. The van der Waals surface area contributed by atoms with E-state index < -0.39 is 0 Å². The lowest BCUT2D eigenvalue weighted by atomic mass is 9.69. The van der Waals surface area contributed by atoms with Gasteiger partial charge in [0.1, 0.15) is 0 Å². The van der Waals surface area contributed by atoms with E-state index >= 15 is 0 Å². The predicted molar refractivity (Wildman–Crippen MR) is 70.7 cm³/mol. The molecule has 0 saturated heterocycles. The van der Waals surface area contributed by atoms with Crippen LogP contribution in [0.4, 0.5) is 0 Å². The number of carbonyl (C=O) groups excluding carboxylic acids is 1. The molecule has 1 amide bonds. The number of carbonyl (C=O) groups is 1. The van der Waals surface area contributed by atoms with E-state index in [1.165, 1.54) is 5.56 Å². The summed E-state index contributed by atoms with van der Waals surface area (Å²) < 4.78 is 0. The van der Waals surface area contributed by atoms with Crippen molar-refractivity contribution in [2.45, 2.75) is 38.1 Å². The fourth-order valence-electron chi connectivity index (χ4n) is 3.08. The van der Waals surface area contributed by atoms with Crippen molar-refractivity contribution in [1.29, 1.82) is 0 Å². The van der Waals surface area contributed by atoms with E-state index in [-0.39, 0.29) is 17.9 Å². The Morgan fingerprint density at radius 2 is 2.06 bits per heavy atom. The predicted octanol–water partition coefficient (Wildman–Crippen LogP) is 1.41. The molecule has 1 unspecified atom stereocenters. The van der Waals surface area contributed by atoms with Gasteiger partial charge in [0.25, 0.3) is 0 Å². The molecule has 1 saturated carbocycles. The molecule has 4 N–H and O–H groups in total. The molecule has 18 heavy (non-hydrogen) atoms. The topological polar surface area (TPSA) is 82.0 Å². The number of primary amides is 1. The van der Waals surface area contributed by atoms with Crippen molar-refractivity contribution in [2.75, 3.05) is 0 Å². The lowest BCUT2D eigenvalue weighted by Crippen LogP contribution is -2.38. The Morgan fingerprint density at radius 3 is 2.61 bits per heavy atom. The SMILES string of the molecule is C[C@@H](N)[C@@H]1CCC(C(N)=O)C[C@H]1c1ccncc1. The molecule has 0 radical (unpaired) electrons. The van der Waals surface area contributed by atoms with Crippen LogP contribution in [0.2, 0.25) is 0 Å². The minimum absolute atomic E-state index is 0.0156. The molecule has 0 aliphatic heterocycles. The molecule has 0 spiro atoms. The first-order valence-electron chi connectivity index (χ1n) is 6.54. The molecule has 1 heterocycles. The monoisotopic (exact) mass is 247 g/mol. The van der Waals surface area contributed by atoms with Crippen LogP contribution < -0.4 is 11.5 Å². The zero-order chi connectivity index (χ0) is 13.1. The normalized spacial score (nSPS) is 29.8. The Bertz CT molecular complexity index is 405. The van der Waals surface area contributed by atoms with E-state index in [1.807, 2.05) is 19.1 Å². The molecule has 0 aromatic carbocycles. The number of aromatic nitrogens is 1. The molecule has 4 nitrogen and oxygen atoms in total. The van der Waals surface area contributed by atoms with E-state index in [2.05, 4.69) is 4.98 Å². The van der Waals surface area contributed by atoms with Crippen molar-refractivity contribution in [3.63, 3.8) is 0 Å². The highest BCUT2D eigenvalue weighted by atomic mass is 16.1. The van der Waals surface area contributed by atoms with Crippen LogP contribution in [0, 0.1) is 11.8 Å². The zero-order valence-electron chi connectivity index (χ0n) is 10.8. The highest BCUT2D eigenvalue weighted by Crippen LogP contribution is 2.41. The van der Waals surface area contributed by atoms with Crippen molar-refractivity contribution < 1.29 is 4.79 Å². The molecule has 1 aliphatic rings. The van der Waals surface area contributed by atoms with Crippen LogP contribution in [0.1, 0.15) is 37.7 Å².